The second-order valence-electron chi connectivity index (χ2n) is 5.23. The summed E-state index contributed by atoms with van der Waals surface area (Å²) >= 11 is 0. The zero-order chi connectivity index (χ0) is 14.8. The number of unbranched alkanes of at least 4 members (excludes halogenated alkanes) is 2. The van der Waals surface area contributed by atoms with E-state index in [0.29, 0.717) is 12.0 Å². The molecule has 0 atom stereocenters. The molecule has 0 amide bonds. The van der Waals surface area contributed by atoms with Crippen LogP contribution in [0, 0.1) is 12.7 Å². The second-order valence-corrected chi connectivity index (χ2v) is 5.23. The molecule has 0 N–H and O–H groups in total. The molecule has 0 saturated carbocycles. The van der Waals surface area contributed by atoms with Crippen molar-refractivity contribution in [3.63, 3.8) is 0 Å². The number of ether oxygens (including phenoxy) is 1. The Kier molecular flexibility index (Phi) is 8.12. The van der Waals surface area contributed by atoms with E-state index in [-0.39, 0.29) is 18.0 Å². The zero-order valence-electron chi connectivity index (χ0n) is 12.6. The van der Waals surface area contributed by atoms with E-state index >= 15 is 0 Å². The van der Waals surface area contributed by atoms with Gasteiger partial charge in [0.1, 0.15) is 11.6 Å². The van der Waals surface area contributed by atoms with Crippen LogP contribution in [0.4, 0.5) is 4.39 Å². The molecule has 0 aliphatic heterocycles. The van der Waals surface area contributed by atoms with Crippen molar-refractivity contribution >= 4 is 5.78 Å². The fourth-order valence-electron chi connectivity index (χ4n) is 2.05. The van der Waals surface area contributed by atoms with Crippen LogP contribution in [-0.2, 0) is 16.0 Å². The summed E-state index contributed by atoms with van der Waals surface area (Å²) in [5.41, 5.74) is 1.39. The Bertz CT molecular complexity index is 415. The standard InChI is InChI=1S/C17H25FO2/c1-3-10-20-11-6-4-5-7-16(19)13-15-9-8-14(2)12-17(15)18/h8-9,12H,3-7,10-11,13H2,1-2H3. The van der Waals surface area contributed by atoms with Gasteiger partial charge in [-0.1, -0.05) is 25.5 Å². The molecule has 1 aromatic rings. The predicted molar refractivity (Wildman–Crippen MR) is 79.4 cm³/mol. The maximum atomic E-state index is 13.6. The lowest BCUT2D eigenvalue weighted by Gasteiger charge is -2.05. The maximum Gasteiger partial charge on any atom is 0.137 e. The van der Waals surface area contributed by atoms with E-state index in [0.717, 1.165) is 44.5 Å². The average molecular weight is 280 g/mol. The van der Waals surface area contributed by atoms with Crippen LogP contribution in [0.1, 0.15) is 50.2 Å². The highest BCUT2D eigenvalue weighted by molar-refractivity contribution is 5.80. The fraction of sp³-hybridized carbons (Fsp3) is 0.588. The van der Waals surface area contributed by atoms with Crippen molar-refractivity contribution in [3.05, 3.63) is 35.1 Å². The van der Waals surface area contributed by atoms with Crippen LogP contribution >= 0.6 is 0 Å². The van der Waals surface area contributed by atoms with Crippen LogP contribution < -0.4 is 0 Å². The molecule has 3 heteroatoms. The summed E-state index contributed by atoms with van der Waals surface area (Å²) < 4.78 is 19.0. The first kappa shape index (κ1) is 16.8. The van der Waals surface area contributed by atoms with Gasteiger partial charge in [-0.2, -0.15) is 0 Å². The quantitative estimate of drug-likeness (QED) is 0.599. The lowest BCUT2D eigenvalue weighted by Crippen LogP contribution is -2.05. The minimum absolute atomic E-state index is 0.113. The van der Waals surface area contributed by atoms with Crippen LogP contribution in [0.3, 0.4) is 0 Å². The van der Waals surface area contributed by atoms with Crippen LogP contribution in [0.25, 0.3) is 0 Å². The molecule has 0 bridgehead atoms. The molecule has 2 nitrogen and oxygen atoms in total. The zero-order valence-corrected chi connectivity index (χ0v) is 12.6. The summed E-state index contributed by atoms with van der Waals surface area (Å²) in [6.07, 6.45) is 4.62. The van der Waals surface area contributed by atoms with Gasteiger partial charge in [-0.05, 0) is 43.4 Å². The average Bonchev–Trinajstić information content (AvgIpc) is 2.41. The van der Waals surface area contributed by atoms with Crippen molar-refractivity contribution in [2.75, 3.05) is 13.2 Å². The molecule has 0 aliphatic carbocycles. The highest BCUT2D eigenvalue weighted by Crippen LogP contribution is 2.12. The van der Waals surface area contributed by atoms with E-state index in [1.54, 1.807) is 6.07 Å². The molecule has 0 spiro atoms. The summed E-state index contributed by atoms with van der Waals surface area (Å²) in [5, 5.41) is 0. The number of benzene rings is 1. The third-order valence-corrected chi connectivity index (χ3v) is 3.19. The number of rotatable bonds is 10. The van der Waals surface area contributed by atoms with Gasteiger partial charge < -0.3 is 4.74 Å². The first-order chi connectivity index (χ1) is 9.63. The Morgan fingerprint density at radius 3 is 2.70 bits per heavy atom. The molecule has 20 heavy (non-hydrogen) atoms. The minimum atomic E-state index is -0.272. The Labute approximate surface area is 121 Å². The molecule has 0 unspecified atom stereocenters. The van der Waals surface area contributed by atoms with Crippen molar-refractivity contribution in [3.8, 4) is 0 Å². The molecule has 1 aromatic carbocycles. The van der Waals surface area contributed by atoms with Gasteiger partial charge in [-0.15, -0.1) is 0 Å². The molecule has 0 aromatic heterocycles. The van der Waals surface area contributed by atoms with Crippen molar-refractivity contribution in [2.45, 2.75) is 52.4 Å². The van der Waals surface area contributed by atoms with E-state index in [1.807, 2.05) is 13.0 Å². The largest absolute Gasteiger partial charge is 0.381 e. The second kappa shape index (κ2) is 9.65. The van der Waals surface area contributed by atoms with Crippen LogP contribution in [0.15, 0.2) is 18.2 Å². The fourth-order valence-corrected chi connectivity index (χ4v) is 2.05. The van der Waals surface area contributed by atoms with E-state index in [4.69, 9.17) is 4.74 Å². The number of hydrogen-bond donors (Lipinski definition) is 0. The maximum absolute atomic E-state index is 13.6. The van der Waals surface area contributed by atoms with Crippen LogP contribution in [-0.4, -0.2) is 19.0 Å². The molecule has 112 valence electrons. The predicted octanol–water partition coefficient (Wildman–Crippen LogP) is 4.23. The summed E-state index contributed by atoms with van der Waals surface area (Å²) in [6, 6.07) is 5.03. The SMILES string of the molecule is CCCOCCCCCC(=O)Cc1ccc(C)cc1F. The van der Waals surface area contributed by atoms with Gasteiger partial charge in [0.2, 0.25) is 0 Å². The lowest BCUT2D eigenvalue weighted by molar-refractivity contribution is -0.118. The van der Waals surface area contributed by atoms with E-state index in [9.17, 15) is 9.18 Å². The highest BCUT2D eigenvalue weighted by atomic mass is 19.1. The van der Waals surface area contributed by atoms with Crippen molar-refractivity contribution in [2.24, 2.45) is 0 Å². The number of halogens is 1. The third-order valence-electron chi connectivity index (χ3n) is 3.19. The number of ketones is 1. The normalized spacial score (nSPS) is 10.8. The minimum Gasteiger partial charge on any atom is -0.381 e. The van der Waals surface area contributed by atoms with Crippen molar-refractivity contribution in [1.82, 2.24) is 0 Å². The van der Waals surface area contributed by atoms with Crippen LogP contribution in [0.5, 0.6) is 0 Å². The van der Waals surface area contributed by atoms with Crippen molar-refractivity contribution < 1.29 is 13.9 Å². The van der Waals surface area contributed by atoms with E-state index < -0.39 is 0 Å². The Morgan fingerprint density at radius 1 is 1.20 bits per heavy atom. The molecule has 0 heterocycles. The molecule has 0 fully saturated rings. The summed E-state index contributed by atoms with van der Waals surface area (Å²) in [4.78, 5) is 11.8. The molecule has 1 rings (SSSR count). The molecular weight excluding hydrogens is 255 g/mol. The Balaban J connectivity index is 2.17. The van der Waals surface area contributed by atoms with E-state index in [1.165, 1.54) is 6.07 Å². The van der Waals surface area contributed by atoms with Gasteiger partial charge in [0.05, 0.1) is 0 Å². The number of carbonyl (C=O) groups is 1. The van der Waals surface area contributed by atoms with Gasteiger partial charge in [-0.25, -0.2) is 4.39 Å². The van der Waals surface area contributed by atoms with Gasteiger partial charge in [0.25, 0.3) is 0 Å². The summed E-state index contributed by atoms with van der Waals surface area (Å²) in [5.74, 6) is -0.159. The van der Waals surface area contributed by atoms with Gasteiger partial charge in [-0.3, -0.25) is 4.79 Å². The Hall–Kier alpha value is -1.22. The molecule has 0 saturated heterocycles. The highest BCUT2D eigenvalue weighted by Gasteiger charge is 2.08. The summed E-state index contributed by atoms with van der Waals surface area (Å²) in [7, 11) is 0. The monoisotopic (exact) mass is 280 g/mol. The first-order valence-corrected chi connectivity index (χ1v) is 7.48. The molecular formula is C17H25FO2. The first-order valence-electron chi connectivity index (χ1n) is 7.48. The number of Topliss-reactive ketones (excluding diaryl/α,β-unsaturated/α-hetero) is 1. The van der Waals surface area contributed by atoms with Gasteiger partial charge in [0, 0.05) is 26.1 Å². The van der Waals surface area contributed by atoms with E-state index in [2.05, 4.69) is 6.92 Å². The lowest BCUT2D eigenvalue weighted by atomic mass is 10.0. The topological polar surface area (TPSA) is 26.3 Å². The van der Waals surface area contributed by atoms with Crippen molar-refractivity contribution in [1.29, 1.82) is 0 Å². The number of aryl methyl sites for hydroxylation is 1. The Morgan fingerprint density at radius 2 is 2.00 bits per heavy atom. The van der Waals surface area contributed by atoms with Crippen LogP contribution in [0.2, 0.25) is 0 Å². The van der Waals surface area contributed by atoms with Gasteiger partial charge in [0.15, 0.2) is 0 Å². The van der Waals surface area contributed by atoms with Gasteiger partial charge >= 0.3 is 0 Å². The molecule has 0 aliphatic rings. The molecule has 0 radical (unpaired) electrons. The smallest absolute Gasteiger partial charge is 0.137 e. The number of hydrogen-bond acceptors (Lipinski definition) is 2. The third kappa shape index (κ3) is 6.80. The number of carbonyl (C=O) groups excluding carboxylic acids is 1. The summed E-state index contributed by atoms with van der Waals surface area (Å²) in [6.45, 7) is 5.51.